The maximum Gasteiger partial charge on any atom is 0.409 e. The van der Waals surface area contributed by atoms with Crippen molar-refractivity contribution in [2.24, 2.45) is 0 Å². The summed E-state index contributed by atoms with van der Waals surface area (Å²) >= 11 is 0. The SMILES string of the molecule is CCOC(=O)N1CCC(NC(=O)NCCc2c(C)[nH]c3ccccc23)CC1. The van der Waals surface area contributed by atoms with Gasteiger partial charge in [0.15, 0.2) is 0 Å². The molecule has 3 N–H and O–H groups in total. The largest absolute Gasteiger partial charge is 0.450 e. The highest BCUT2D eigenvalue weighted by Gasteiger charge is 2.24. The molecule has 2 aromatic rings. The number of fused-ring (bicyclic) bond motifs is 1. The third-order valence-electron chi connectivity index (χ3n) is 5.04. The number of aromatic amines is 1. The first-order chi connectivity index (χ1) is 13.1. The molecule has 0 saturated carbocycles. The lowest BCUT2D eigenvalue weighted by Crippen LogP contribution is -2.49. The minimum atomic E-state index is -0.269. The van der Waals surface area contributed by atoms with Crippen LogP contribution >= 0.6 is 0 Å². The van der Waals surface area contributed by atoms with Crippen molar-refractivity contribution in [2.75, 3.05) is 26.2 Å². The average Bonchev–Trinajstić information content (AvgIpc) is 2.98. The molecule has 0 radical (unpaired) electrons. The van der Waals surface area contributed by atoms with Gasteiger partial charge in [0.2, 0.25) is 0 Å². The highest BCUT2D eigenvalue weighted by atomic mass is 16.6. The number of benzene rings is 1. The number of hydrogen-bond acceptors (Lipinski definition) is 3. The number of nitrogens with one attached hydrogen (secondary N) is 3. The van der Waals surface area contributed by atoms with Crippen LogP contribution in [0.25, 0.3) is 10.9 Å². The Bertz CT molecular complexity index is 794. The van der Waals surface area contributed by atoms with Gasteiger partial charge < -0.3 is 25.3 Å². The summed E-state index contributed by atoms with van der Waals surface area (Å²) < 4.78 is 5.01. The van der Waals surface area contributed by atoms with Gasteiger partial charge in [-0.1, -0.05) is 18.2 Å². The average molecular weight is 372 g/mol. The molecule has 1 fully saturated rings. The van der Waals surface area contributed by atoms with Crippen molar-refractivity contribution >= 4 is 23.0 Å². The minimum absolute atomic E-state index is 0.0884. The van der Waals surface area contributed by atoms with Gasteiger partial charge in [0.05, 0.1) is 6.61 Å². The molecule has 7 heteroatoms. The molecule has 0 spiro atoms. The molecule has 146 valence electrons. The van der Waals surface area contributed by atoms with Crippen LogP contribution in [-0.4, -0.2) is 54.3 Å². The molecule has 1 aromatic heterocycles. The number of nitrogens with zero attached hydrogens (tertiary/aromatic N) is 1. The van der Waals surface area contributed by atoms with E-state index in [1.807, 2.05) is 12.1 Å². The number of hydrogen-bond donors (Lipinski definition) is 3. The van der Waals surface area contributed by atoms with Gasteiger partial charge >= 0.3 is 12.1 Å². The molecule has 2 heterocycles. The number of urea groups is 1. The second-order valence-corrected chi connectivity index (χ2v) is 6.88. The van der Waals surface area contributed by atoms with E-state index in [9.17, 15) is 9.59 Å². The minimum Gasteiger partial charge on any atom is -0.450 e. The predicted molar refractivity (Wildman–Crippen MR) is 105 cm³/mol. The van der Waals surface area contributed by atoms with Crippen molar-refractivity contribution in [2.45, 2.75) is 39.2 Å². The zero-order valence-corrected chi connectivity index (χ0v) is 16.0. The Morgan fingerprint density at radius 2 is 2.00 bits per heavy atom. The van der Waals surface area contributed by atoms with E-state index in [4.69, 9.17) is 4.74 Å². The van der Waals surface area contributed by atoms with Gasteiger partial charge in [-0.05, 0) is 44.7 Å². The van der Waals surface area contributed by atoms with E-state index in [0.717, 1.165) is 30.5 Å². The number of likely N-dealkylation sites (tertiary alicyclic amines) is 1. The third-order valence-corrected chi connectivity index (χ3v) is 5.04. The number of aryl methyl sites for hydroxylation is 1. The van der Waals surface area contributed by atoms with Crippen molar-refractivity contribution in [1.82, 2.24) is 20.5 Å². The Morgan fingerprint density at radius 3 is 2.74 bits per heavy atom. The van der Waals surface area contributed by atoms with Gasteiger partial charge in [0.1, 0.15) is 0 Å². The molecule has 0 aliphatic carbocycles. The predicted octanol–water partition coefficient (Wildman–Crippen LogP) is 2.94. The van der Waals surface area contributed by atoms with Crippen molar-refractivity contribution in [1.29, 1.82) is 0 Å². The second kappa shape index (κ2) is 8.79. The lowest BCUT2D eigenvalue weighted by molar-refractivity contribution is 0.0957. The molecular formula is C20H28N4O3. The highest BCUT2D eigenvalue weighted by molar-refractivity contribution is 5.84. The van der Waals surface area contributed by atoms with Gasteiger partial charge in [-0.25, -0.2) is 9.59 Å². The van der Waals surface area contributed by atoms with E-state index < -0.39 is 0 Å². The summed E-state index contributed by atoms with van der Waals surface area (Å²) in [6.45, 7) is 6.04. The lowest BCUT2D eigenvalue weighted by Gasteiger charge is -2.31. The molecule has 0 unspecified atom stereocenters. The van der Waals surface area contributed by atoms with E-state index in [-0.39, 0.29) is 18.2 Å². The summed E-state index contributed by atoms with van der Waals surface area (Å²) in [4.78, 5) is 28.9. The van der Waals surface area contributed by atoms with E-state index >= 15 is 0 Å². The normalized spacial score (nSPS) is 15.0. The van der Waals surface area contributed by atoms with Crippen LogP contribution in [0.3, 0.4) is 0 Å². The van der Waals surface area contributed by atoms with Crippen LogP contribution in [0.4, 0.5) is 9.59 Å². The molecule has 0 bridgehead atoms. The highest BCUT2D eigenvalue weighted by Crippen LogP contribution is 2.21. The molecule has 3 amide bonds. The van der Waals surface area contributed by atoms with Gasteiger partial charge in [-0.3, -0.25) is 0 Å². The number of carbonyl (C=O) groups excluding carboxylic acids is 2. The zero-order valence-electron chi connectivity index (χ0n) is 16.0. The van der Waals surface area contributed by atoms with Crippen LogP contribution in [0.15, 0.2) is 24.3 Å². The molecule has 0 atom stereocenters. The molecule has 1 aliphatic rings. The first-order valence-electron chi connectivity index (χ1n) is 9.60. The first-order valence-corrected chi connectivity index (χ1v) is 9.60. The number of aromatic nitrogens is 1. The Hall–Kier alpha value is -2.70. The van der Waals surface area contributed by atoms with Crippen molar-refractivity contribution in [3.05, 3.63) is 35.5 Å². The fourth-order valence-corrected chi connectivity index (χ4v) is 3.62. The van der Waals surface area contributed by atoms with Crippen LogP contribution in [0.1, 0.15) is 31.0 Å². The molecule has 3 rings (SSSR count). The standard InChI is InChI=1S/C20H28N4O3/c1-3-27-20(26)24-12-9-15(10-13-24)23-19(25)21-11-8-16-14(2)22-18-7-5-4-6-17(16)18/h4-7,15,22H,3,8-13H2,1-2H3,(H2,21,23,25). The summed E-state index contributed by atoms with van der Waals surface area (Å²) in [5, 5.41) is 7.16. The topological polar surface area (TPSA) is 86.5 Å². The number of piperidine rings is 1. The number of rotatable bonds is 5. The molecule has 1 aliphatic heterocycles. The Labute approximate surface area is 159 Å². The third kappa shape index (κ3) is 4.72. The fourth-order valence-electron chi connectivity index (χ4n) is 3.62. The summed E-state index contributed by atoms with van der Waals surface area (Å²) in [6.07, 6.45) is 2.00. The number of para-hydroxylation sites is 1. The maximum atomic E-state index is 12.2. The molecule has 7 nitrogen and oxygen atoms in total. The van der Waals surface area contributed by atoms with Gasteiger partial charge in [0, 0.05) is 42.3 Å². The van der Waals surface area contributed by atoms with Crippen molar-refractivity contribution in [3.8, 4) is 0 Å². The first kappa shape index (κ1) is 19.1. The van der Waals surface area contributed by atoms with Crippen LogP contribution in [0.5, 0.6) is 0 Å². The Morgan fingerprint density at radius 1 is 1.26 bits per heavy atom. The molecule has 27 heavy (non-hydrogen) atoms. The van der Waals surface area contributed by atoms with Crippen LogP contribution in [-0.2, 0) is 11.2 Å². The Balaban J connectivity index is 1.41. The summed E-state index contributed by atoms with van der Waals surface area (Å²) in [6, 6.07) is 8.15. The quantitative estimate of drug-likeness (QED) is 0.754. The van der Waals surface area contributed by atoms with E-state index in [1.54, 1.807) is 11.8 Å². The van der Waals surface area contributed by atoms with E-state index in [1.165, 1.54) is 10.9 Å². The number of amides is 3. The van der Waals surface area contributed by atoms with Gasteiger partial charge in [0.25, 0.3) is 0 Å². The van der Waals surface area contributed by atoms with E-state index in [0.29, 0.717) is 26.2 Å². The number of ether oxygens (including phenoxy) is 1. The number of carbonyl (C=O) groups is 2. The molecular weight excluding hydrogens is 344 g/mol. The maximum absolute atomic E-state index is 12.2. The number of H-pyrrole nitrogens is 1. The van der Waals surface area contributed by atoms with Crippen LogP contribution < -0.4 is 10.6 Å². The van der Waals surface area contributed by atoms with Crippen molar-refractivity contribution < 1.29 is 14.3 Å². The van der Waals surface area contributed by atoms with Gasteiger partial charge in [-0.15, -0.1) is 0 Å². The summed E-state index contributed by atoms with van der Waals surface area (Å²) in [5.41, 5.74) is 3.52. The second-order valence-electron chi connectivity index (χ2n) is 6.88. The summed E-state index contributed by atoms with van der Waals surface area (Å²) in [5.74, 6) is 0. The van der Waals surface area contributed by atoms with E-state index in [2.05, 4.69) is 34.7 Å². The lowest BCUT2D eigenvalue weighted by atomic mass is 10.1. The van der Waals surface area contributed by atoms with Crippen LogP contribution in [0, 0.1) is 6.92 Å². The zero-order chi connectivity index (χ0) is 19.2. The van der Waals surface area contributed by atoms with Crippen LogP contribution in [0.2, 0.25) is 0 Å². The monoisotopic (exact) mass is 372 g/mol. The molecule has 1 aromatic carbocycles. The fraction of sp³-hybridized carbons (Fsp3) is 0.500. The van der Waals surface area contributed by atoms with Gasteiger partial charge in [-0.2, -0.15) is 0 Å². The smallest absolute Gasteiger partial charge is 0.409 e. The van der Waals surface area contributed by atoms with Crippen molar-refractivity contribution in [3.63, 3.8) is 0 Å². The Kier molecular flexibility index (Phi) is 6.21. The molecule has 1 saturated heterocycles. The summed E-state index contributed by atoms with van der Waals surface area (Å²) in [7, 11) is 0.